The molecule has 4 aromatic rings. The second-order valence-electron chi connectivity index (χ2n) is 4.19. The number of para-hydroxylation sites is 1. The summed E-state index contributed by atoms with van der Waals surface area (Å²) < 4.78 is 1.95. The van der Waals surface area contributed by atoms with Gasteiger partial charge in [0.05, 0.1) is 17.4 Å². The second-order valence-corrected chi connectivity index (χ2v) is 4.19. The maximum absolute atomic E-state index is 4.47. The lowest BCUT2D eigenvalue weighted by Crippen LogP contribution is -1.96. The van der Waals surface area contributed by atoms with E-state index in [9.17, 15) is 0 Å². The normalized spacial score (nSPS) is 11.3. The zero-order valence-electron chi connectivity index (χ0n) is 9.54. The number of benzene rings is 1. The van der Waals surface area contributed by atoms with Crippen LogP contribution in [0.4, 0.5) is 0 Å². The standard InChI is InChI=1S/C14H10N4/c1-2-4-12-10(3-1)9-17-18(12)13-6-8-16-14-11(13)5-7-15-14/h1-9H,(H,15,16). The first kappa shape index (κ1) is 9.41. The molecule has 0 amide bonds. The minimum atomic E-state index is 0.882. The lowest BCUT2D eigenvalue weighted by atomic mass is 10.2. The highest BCUT2D eigenvalue weighted by Crippen LogP contribution is 2.23. The Morgan fingerprint density at radius 1 is 1.06 bits per heavy atom. The molecule has 0 aliphatic heterocycles. The van der Waals surface area contributed by atoms with Crippen LogP contribution in [-0.4, -0.2) is 19.7 Å². The number of pyridine rings is 1. The van der Waals surface area contributed by atoms with Crippen molar-refractivity contribution in [2.45, 2.75) is 0 Å². The first-order valence-electron chi connectivity index (χ1n) is 5.79. The highest BCUT2D eigenvalue weighted by atomic mass is 15.3. The number of hydrogen-bond acceptors (Lipinski definition) is 2. The van der Waals surface area contributed by atoms with Crippen LogP contribution in [0, 0.1) is 0 Å². The number of hydrogen-bond donors (Lipinski definition) is 1. The van der Waals surface area contributed by atoms with Gasteiger partial charge in [0.1, 0.15) is 5.65 Å². The van der Waals surface area contributed by atoms with E-state index >= 15 is 0 Å². The summed E-state index contributed by atoms with van der Waals surface area (Å²) in [5, 5.41) is 6.68. The molecule has 0 fully saturated rings. The van der Waals surface area contributed by atoms with E-state index in [1.54, 1.807) is 6.20 Å². The van der Waals surface area contributed by atoms with Crippen LogP contribution in [-0.2, 0) is 0 Å². The predicted molar refractivity (Wildman–Crippen MR) is 70.7 cm³/mol. The van der Waals surface area contributed by atoms with Crippen molar-refractivity contribution in [2.24, 2.45) is 0 Å². The van der Waals surface area contributed by atoms with E-state index in [0.29, 0.717) is 0 Å². The Balaban J connectivity index is 2.10. The molecule has 1 aromatic carbocycles. The van der Waals surface area contributed by atoms with Gasteiger partial charge in [-0.2, -0.15) is 5.10 Å². The summed E-state index contributed by atoms with van der Waals surface area (Å²) in [6.45, 7) is 0. The van der Waals surface area contributed by atoms with Gasteiger partial charge in [-0.15, -0.1) is 0 Å². The molecule has 18 heavy (non-hydrogen) atoms. The highest BCUT2D eigenvalue weighted by molar-refractivity contribution is 5.88. The van der Waals surface area contributed by atoms with Crippen LogP contribution in [0.1, 0.15) is 0 Å². The smallest absolute Gasteiger partial charge is 0.139 e. The molecular weight excluding hydrogens is 224 g/mol. The first-order valence-corrected chi connectivity index (χ1v) is 5.79. The van der Waals surface area contributed by atoms with Crippen LogP contribution < -0.4 is 0 Å². The van der Waals surface area contributed by atoms with Gasteiger partial charge in [-0.25, -0.2) is 9.67 Å². The Morgan fingerprint density at radius 3 is 3.00 bits per heavy atom. The van der Waals surface area contributed by atoms with E-state index in [-0.39, 0.29) is 0 Å². The molecule has 0 aliphatic carbocycles. The van der Waals surface area contributed by atoms with Gasteiger partial charge < -0.3 is 4.98 Å². The fourth-order valence-electron chi connectivity index (χ4n) is 2.29. The fourth-order valence-corrected chi connectivity index (χ4v) is 2.29. The summed E-state index contributed by atoms with van der Waals surface area (Å²) in [7, 11) is 0. The topological polar surface area (TPSA) is 46.5 Å². The maximum Gasteiger partial charge on any atom is 0.139 e. The van der Waals surface area contributed by atoms with Gasteiger partial charge in [0.25, 0.3) is 0 Å². The van der Waals surface area contributed by atoms with Crippen LogP contribution >= 0.6 is 0 Å². The van der Waals surface area contributed by atoms with E-state index in [1.165, 1.54) is 0 Å². The summed E-state index contributed by atoms with van der Waals surface area (Å²) in [5.74, 6) is 0. The molecule has 0 radical (unpaired) electrons. The zero-order chi connectivity index (χ0) is 11.9. The van der Waals surface area contributed by atoms with Gasteiger partial charge >= 0.3 is 0 Å². The minimum absolute atomic E-state index is 0.882. The van der Waals surface area contributed by atoms with Crippen molar-refractivity contribution < 1.29 is 0 Å². The average molecular weight is 234 g/mol. The predicted octanol–water partition coefficient (Wildman–Crippen LogP) is 2.90. The third kappa shape index (κ3) is 1.20. The van der Waals surface area contributed by atoms with Crippen LogP contribution in [0.5, 0.6) is 0 Å². The summed E-state index contributed by atoms with van der Waals surface area (Å²) in [6.07, 6.45) is 5.58. The molecule has 0 unspecified atom stereocenters. The summed E-state index contributed by atoms with van der Waals surface area (Å²) in [4.78, 5) is 7.41. The number of aromatic nitrogens is 4. The number of H-pyrrole nitrogens is 1. The maximum atomic E-state index is 4.47. The Morgan fingerprint density at radius 2 is 2.00 bits per heavy atom. The van der Waals surface area contributed by atoms with Crippen LogP contribution in [0.2, 0.25) is 0 Å². The van der Waals surface area contributed by atoms with Gasteiger partial charge in [-0.3, -0.25) is 0 Å². The van der Waals surface area contributed by atoms with Crippen molar-refractivity contribution in [3.05, 3.63) is 55.0 Å². The molecule has 0 aliphatic rings. The molecule has 0 atom stereocenters. The summed E-state index contributed by atoms with van der Waals surface area (Å²) in [6, 6.07) is 12.2. The quantitative estimate of drug-likeness (QED) is 0.550. The Bertz CT molecular complexity index is 841. The zero-order valence-corrected chi connectivity index (χ0v) is 9.54. The largest absolute Gasteiger partial charge is 0.346 e. The van der Waals surface area contributed by atoms with Gasteiger partial charge in [-0.1, -0.05) is 18.2 Å². The van der Waals surface area contributed by atoms with Gasteiger partial charge in [-0.05, 0) is 18.2 Å². The van der Waals surface area contributed by atoms with Crippen LogP contribution in [0.15, 0.2) is 55.0 Å². The minimum Gasteiger partial charge on any atom is -0.346 e. The number of nitrogens with one attached hydrogen (secondary N) is 1. The molecule has 3 heterocycles. The van der Waals surface area contributed by atoms with Gasteiger partial charge in [0, 0.05) is 23.2 Å². The van der Waals surface area contributed by atoms with Crippen molar-refractivity contribution in [3.63, 3.8) is 0 Å². The molecule has 4 rings (SSSR count). The molecule has 3 aromatic heterocycles. The van der Waals surface area contributed by atoms with Crippen LogP contribution in [0.3, 0.4) is 0 Å². The van der Waals surface area contributed by atoms with Gasteiger partial charge in [0.2, 0.25) is 0 Å². The number of aromatic amines is 1. The van der Waals surface area contributed by atoms with E-state index in [1.807, 2.05) is 41.3 Å². The van der Waals surface area contributed by atoms with Crippen molar-refractivity contribution >= 4 is 21.9 Å². The molecule has 86 valence electrons. The molecule has 0 bridgehead atoms. The fraction of sp³-hybridized carbons (Fsp3) is 0. The lowest BCUT2D eigenvalue weighted by molar-refractivity contribution is 0.916. The van der Waals surface area contributed by atoms with Crippen molar-refractivity contribution in [1.82, 2.24) is 19.7 Å². The van der Waals surface area contributed by atoms with Crippen molar-refractivity contribution in [3.8, 4) is 5.69 Å². The van der Waals surface area contributed by atoms with Gasteiger partial charge in [0.15, 0.2) is 0 Å². The lowest BCUT2D eigenvalue weighted by Gasteiger charge is -2.04. The highest BCUT2D eigenvalue weighted by Gasteiger charge is 2.08. The van der Waals surface area contributed by atoms with E-state index in [0.717, 1.165) is 27.6 Å². The number of rotatable bonds is 1. The van der Waals surface area contributed by atoms with Crippen molar-refractivity contribution in [1.29, 1.82) is 0 Å². The Hall–Kier alpha value is -2.62. The third-order valence-electron chi connectivity index (χ3n) is 3.14. The summed E-state index contributed by atoms with van der Waals surface area (Å²) in [5.41, 5.74) is 3.03. The molecular formula is C14H10N4. The molecule has 4 heteroatoms. The van der Waals surface area contributed by atoms with E-state index < -0.39 is 0 Å². The van der Waals surface area contributed by atoms with Crippen LogP contribution in [0.25, 0.3) is 27.6 Å². The van der Waals surface area contributed by atoms with E-state index in [4.69, 9.17) is 0 Å². The molecule has 0 spiro atoms. The van der Waals surface area contributed by atoms with Crippen molar-refractivity contribution in [2.75, 3.05) is 0 Å². The average Bonchev–Trinajstić information content (AvgIpc) is 3.05. The second kappa shape index (κ2) is 3.43. The Labute approximate surface area is 103 Å². The molecule has 0 saturated carbocycles. The molecule has 1 N–H and O–H groups in total. The Kier molecular flexibility index (Phi) is 1.80. The number of nitrogens with zero attached hydrogens (tertiary/aromatic N) is 3. The monoisotopic (exact) mass is 234 g/mol. The van der Waals surface area contributed by atoms with E-state index in [2.05, 4.69) is 27.2 Å². The molecule has 0 saturated heterocycles. The first-order chi connectivity index (χ1) is 8.93. The summed E-state index contributed by atoms with van der Waals surface area (Å²) >= 11 is 0. The molecule has 4 nitrogen and oxygen atoms in total. The third-order valence-corrected chi connectivity index (χ3v) is 3.14. The number of fused-ring (bicyclic) bond motifs is 2. The SMILES string of the molecule is c1ccc2c(c1)cnn2-c1ccnc2[nH]ccc12.